The van der Waals surface area contributed by atoms with Gasteiger partial charge in [-0.3, -0.25) is 4.79 Å². The fourth-order valence-electron chi connectivity index (χ4n) is 2.49. The van der Waals surface area contributed by atoms with Gasteiger partial charge in [0.2, 0.25) is 6.10 Å². The maximum atomic E-state index is 12.6. The van der Waals surface area contributed by atoms with E-state index in [1.54, 1.807) is 30.3 Å². The third kappa shape index (κ3) is 4.38. The van der Waals surface area contributed by atoms with Gasteiger partial charge in [0.15, 0.2) is 0 Å². The molecule has 1 saturated carbocycles. The SMILES string of the molecule is CN(C)c1cccc(C(=O)O[C@@H](C(=O)NC2CC2)c2ccccc2)c1. The van der Waals surface area contributed by atoms with Gasteiger partial charge in [0.25, 0.3) is 5.91 Å². The minimum atomic E-state index is -0.947. The van der Waals surface area contributed by atoms with Crippen molar-refractivity contribution in [3.63, 3.8) is 0 Å². The van der Waals surface area contributed by atoms with Gasteiger partial charge in [-0.15, -0.1) is 0 Å². The van der Waals surface area contributed by atoms with Gasteiger partial charge in [-0.2, -0.15) is 0 Å². The van der Waals surface area contributed by atoms with Crippen LogP contribution in [0.25, 0.3) is 0 Å². The highest BCUT2D eigenvalue weighted by atomic mass is 16.5. The van der Waals surface area contributed by atoms with Crippen molar-refractivity contribution in [1.82, 2.24) is 5.32 Å². The van der Waals surface area contributed by atoms with Crippen LogP contribution in [0.1, 0.15) is 34.9 Å². The van der Waals surface area contributed by atoms with Crippen molar-refractivity contribution in [3.8, 4) is 0 Å². The Morgan fingerprint density at radius 2 is 1.80 bits per heavy atom. The zero-order valence-electron chi connectivity index (χ0n) is 14.4. The van der Waals surface area contributed by atoms with Crippen molar-refractivity contribution in [2.24, 2.45) is 0 Å². The van der Waals surface area contributed by atoms with Crippen molar-refractivity contribution >= 4 is 17.6 Å². The van der Waals surface area contributed by atoms with Crippen LogP contribution in [0.5, 0.6) is 0 Å². The smallest absolute Gasteiger partial charge is 0.339 e. The number of amides is 1. The normalized spacial score (nSPS) is 14.5. The summed E-state index contributed by atoms with van der Waals surface area (Å²) in [6, 6.07) is 16.5. The first-order valence-electron chi connectivity index (χ1n) is 8.38. The minimum Gasteiger partial charge on any atom is -0.444 e. The van der Waals surface area contributed by atoms with Crippen LogP contribution >= 0.6 is 0 Å². The Morgan fingerprint density at radius 3 is 2.44 bits per heavy atom. The summed E-state index contributed by atoms with van der Waals surface area (Å²) in [4.78, 5) is 27.0. The molecule has 2 aromatic rings. The zero-order chi connectivity index (χ0) is 17.8. The topological polar surface area (TPSA) is 58.6 Å². The third-order valence-electron chi connectivity index (χ3n) is 4.09. The molecule has 1 aliphatic carbocycles. The number of ether oxygens (including phenoxy) is 1. The van der Waals surface area contributed by atoms with Gasteiger partial charge in [0, 0.05) is 31.4 Å². The van der Waals surface area contributed by atoms with Crippen LogP contribution in [-0.4, -0.2) is 32.0 Å². The highest BCUT2D eigenvalue weighted by molar-refractivity contribution is 5.93. The number of hydrogen-bond acceptors (Lipinski definition) is 4. The van der Waals surface area contributed by atoms with Crippen LogP contribution < -0.4 is 10.2 Å². The van der Waals surface area contributed by atoms with Gasteiger partial charge in [0.1, 0.15) is 0 Å². The largest absolute Gasteiger partial charge is 0.444 e. The maximum absolute atomic E-state index is 12.6. The molecule has 5 nitrogen and oxygen atoms in total. The molecule has 1 atom stereocenters. The lowest BCUT2D eigenvalue weighted by atomic mass is 10.1. The summed E-state index contributed by atoms with van der Waals surface area (Å²) < 4.78 is 5.58. The summed E-state index contributed by atoms with van der Waals surface area (Å²) in [6.45, 7) is 0. The van der Waals surface area contributed by atoms with E-state index in [-0.39, 0.29) is 11.9 Å². The van der Waals surface area contributed by atoms with Crippen molar-refractivity contribution in [2.45, 2.75) is 25.0 Å². The number of carbonyl (C=O) groups is 2. The standard InChI is InChI=1S/C20H22N2O3/c1-22(2)17-10-6-9-15(13-17)20(24)25-18(14-7-4-3-5-8-14)19(23)21-16-11-12-16/h3-10,13,16,18H,11-12H2,1-2H3,(H,21,23)/t18-/m1/s1. The highest BCUT2D eigenvalue weighted by Crippen LogP contribution is 2.24. The number of rotatable bonds is 6. The van der Waals surface area contributed by atoms with Crippen LogP contribution in [0, 0.1) is 0 Å². The minimum absolute atomic E-state index is 0.203. The Hall–Kier alpha value is -2.82. The molecule has 0 heterocycles. The second kappa shape index (κ2) is 7.38. The molecule has 2 aromatic carbocycles. The Morgan fingerprint density at radius 1 is 1.08 bits per heavy atom. The van der Waals surface area contributed by atoms with E-state index in [2.05, 4.69) is 5.32 Å². The molecule has 0 radical (unpaired) electrons. The maximum Gasteiger partial charge on any atom is 0.339 e. The molecule has 0 aliphatic heterocycles. The number of esters is 1. The second-order valence-electron chi connectivity index (χ2n) is 6.42. The van der Waals surface area contributed by atoms with Crippen LogP contribution in [0.4, 0.5) is 5.69 Å². The first-order chi connectivity index (χ1) is 12.0. The Kier molecular flexibility index (Phi) is 5.03. The predicted octanol–water partition coefficient (Wildman–Crippen LogP) is 2.93. The molecule has 130 valence electrons. The van der Waals surface area contributed by atoms with E-state index in [4.69, 9.17) is 4.74 Å². The average molecular weight is 338 g/mol. The van der Waals surface area contributed by atoms with Crippen molar-refractivity contribution < 1.29 is 14.3 Å². The lowest BCUT2D eigenvalue weighted by Crippen LogP contribution is -2.33. The van der Waals surface area contributed by atoms with Crippen LogP contribution in [0.2, 0.25) is 0 Å². The summed E-state index contributed by atoms with van der Waals surface area (Å²) >= 11 is 0. The van der Waals surface area contributed by atoms with Gasteiger partial charge >= 0.3 is 5.97 Å². The number of nitrogens with zero attached hydrogens (tertiary/aromatic N) is 1. The summed E-state index contributed by atoms with van der Waals surface area (Å²) in [5, 5.41) is 2.91. The summed E-state index contributed by atoms with van der Waals surface area (Å²) in [5.41, 5.74) is 1.98. The molecule has 0 saturated heterocycles. The molecule has 1 aliphatic rings. The Bertz CT molecular complexity index is 755. The number of anilines is 1. The van der Waals surface area contributed by atoms with E-state index in [1.807, 2.05) is 43.3 Å². The number of benzene rings is 2. The van der Waals surface area contributed by atoms with Crippen LogP contribution in [0.15, 0.2) is 54.6 Å². The van der Waals surface area contributed by atoms with E-state index in [9.17, 15) is 9.59 Å². The molecule has 0 unspecified atom stereocenters. The fraction of sp³-hybridized carbons (Fsp3) is 0.300. The van der Waals surface area contributed by atoms with E-state index in [1.165, 1.54) is 0 Å². The van der Waals surface area contributed by atoms with E-state index in [0.717, 1.165) is 18.5 Å². The second-order valence-corrected chi connectivity index (χ2v) is 6.42. The van der Waals surface area contributed by atoms with Gasteiger partial charge < -0.3 is 15.0 Å². The molecule has 0 spiro atoms. The molecular weight excluding hydrogens is 316 g/mol. The Labute approximate surface area is 147 Å². The monoisotopic (exact) mass is 338 g/mol. The van der Waals surface area contributed by atoms with Crippen molar-refractivity contribution in [1.29, 1.82) is 0 Å². The number of nitrogens with one attached hydrogen (secondary N) is 1. The third-order valence-corrected chi connectivity index (χ3v) is 4.09. The summed E-state index contributed by atoms with van der Waals surface area (Å²) in [5.74, 6) is -0.783. The Balaban J connectivity index is 1.80. The lowest BCUT2D eigenvalue weighted by molar-refractivity contribution is -0.130. The molecule has 1 fully saturated rings. The van der Waals surface area contributed by atoms with Crippen LogP contribution in [-0.2, 0) is 9.53 Å². The van der Waals surface area contributed by atoms with Crippen LogP contribution in [0.3, 0.4) is 0 Å². The van der Waals surface area contributed by atoms with E-state index in [0.29, 0.717) is 11.1 Å². The predicted molar refractivity (Wildman–Crippen MR) is 96.5 cm³/mol. The van der Waals surface area contributed by atoms with Crippen molar-refractivity contribution in [2.75, 3.05) is 19.0 Å². The molecule has 0 aromatic heterocycles. The summed E-state index contributed by atoms with van der Waals surface area (Å²) in [6.07, 6.45) is 1.01. The quantitative estimate of drug-likeness (QED) is 0.823. The van der Waals surface area contributed by atoms with E-state index >= 15 is 0 Å². The molecule has 1 N–H and O–H groups in total. The number of hydrogen-bond donors (Lipinski definition) is 1. The van der Waals surface area contributed by atoms with Gasteiger partial charge in [0.05, 0.1) is 5.56 Å². The molecule has 0 bridgehead atoms. The first kappa shape index (κ1) is 17.0. The van der Waals surface area contributed by atoms with Gasteiger partial charge in [-0.05, 0) is 31.0 Å². The average Bonchev–Trinajstić information content (AvgIpc) is 3.44. The molecule has 5 heteroatoms. The van der Waals surface area contributed by atoms with Gasteiger partial charge in [-0.25, -0.2) is 4.79 Å². The van der Waals surface area contributed by atoms with Gasteiger partial charge in [-0.1, -0.05) is 36.4 Å². The first-order valence-corrected chi connectivity index (χ1v) is 8.38. The zero-order valence-corrected chi connectivity index (χ0v) is 14.4. The summed E-state index contributed by atoms with van der Waals surface area (Å²) in [7, 11) is 3.81. The molecule has 1 amide bonds. The van der Waals surface area contributed by atoms with E-state index < -0.39 is 12.1 Å². The molecular formula is C20H22N2O3. The molecule has 3 rings (SSSR count). The highest BCUT2D eigenvalue weighted by Gasteiger charge is 2.31. The van der Waals surface area contributed by atoms with Crippen molar-refractivity contribution in [3.05, 3.63) is 65.7 Å². The lowest BCUT2D eigenvalue weighted by Gasteiger charge is -2.19. The molecule has 25 heavy (non-hydrogen) atoms. The number of carbonyl (C=O) groups excluding carboxylic acids is 2. The fourth-order valence-corrected chi connectivity index (χ4v) is 2.49.